The molecule has 8 heteroatoms. The van der Waals surface area contributed by atoms with Crippen molar-refractivity contribution < 1.29 is 4.79 Å². The van der Waals surface area contributed by atoms with E-state index >= 15 is 0 Å². The van der Waals surface area contributed by atoms with Crippen LogP contribution in [0.25, 0.3) is 5.69 Å². The summed E-state index contributed by atoms with van der Waals surface area (Å²) in [5, 5.41) is 14.0. The van der Waals surface area contributed by atoms with Gasteiger partial charge in [0.1, 0.15) is 6.33 Å². The Balaban J connectivity index is 1.56. The SMILES string of the molecule is Cc1cc(CNC(=O)NCc2ncnn2-c2ccccc2)n(C)n1. The highest BCUT2D eigenvalue weighted by Crippen LogP contribution is 2.07. The fourth-order valence-electron chi connectivity index (χ4n) is 2.39. The number of benzene rings is 1. The fraction of sp³-hybridized carbons (Fsp3) is 0.250. The lowest BCUT2D eigenvalue weighted by atomic mass is 10.3. The van der Waals surface area contributed by atoms with Gasteiger partial charge in [0, 0.05) is 7.05 Å². The van der Waals surface area contributed by atoms with E-state index in [-0.39, 0.29) is 12.6 Å². The van der Waals surface area contributed by atoms with Crippen molar-refractivity contribution in [2.24, 2.45) is 7.05 Å². The van der Waals surface area contributed by atoms with Gasteiger partial charge in [-0.25, -0.2) is 14.5 Å². The molecule has 124 valence electrons. The Kier molecular flexibility index (Phi) is 4.55. The normalized spacial score (nSPS) is 10.6. The van der Waals surface area contributed by atoms with Crippen molar-refractivity contribution >= 4 is 6.03 Å². The van der Waals surface area contributed by atoms with Crippen LogP contribution in [-0.2, 0) is 20.1 Å². The molecule has 2 heterocycles. The average Bonchev–Trinajstić information content (AvgIpc) is 3.17. The third-order valence-electron chi connectivity index (χ3n) is 3.56. The molecule has 0 aliphatic heterocycles. The second-order valence-corrected chi connectivity index (χ2v) is 5.36. The van der Waals surface area contributed by atoms with Gasteiger partial charge in [-0.05, 0) is 25.1 Å². The number of carbonyl (C=O) groups excluding carboxylic acids is 1. The molecule has 0 spiro atoms. The van der Waals surface area contributed by atoms with Crippen molar-refractivity contribution in [3.63, 3.8) is 0 Å². The molecule has 2 amide bonds. The fourth-order valence-corrected chi connectivity index (χ4v) is 2.39. The Morgan fingerprint density at radius 2 is 1.92 bits per heavy atom. The molecule has 8 nitrogen and oxygen atoms in total. The number of hydrogen-bond acceptors (Lipinski definition) is 4. The summed E-state index contributed by atoms with van der Waals surface area (Å²) in [6, 6.07) is 11.3. The second-order valence-electron chi connectivity index (χ2n) is 5.36. The van der Waals surface area contributed by atoms with Crippen molar-refractivity contribution in [2.75, 3.05) is 0 Å². The molecule has 0 fully saturated rings. The molecular weight excluding hydrogens is 306 g/mol. The molecule has 0 saturated heterocycles. The lowest BCUT2D eigenvalue weighted by Crippen LogP contribution is -2.35. The quantitative estimate of drug-likeness (QED) is 0.740. The Bertz CT molecular complexity index is 822. The zero-order valence-electron chi connectivity index (χ0n) is 13.6. The van der Waals surface area contributed by atoms with E-state index in [1.807, 2.05) is 50.4 Å². The van der Waals surface area contributed by atoms with Crippen LogP contribution in [0.15, 0.2) is 42.7 Å². The largest absolute Gasteiger partial charge is 0.333 e. The van der Waals surface area contributed by atoms with E-state index in [4.69, 9.17) is 0 Å². The van der Waals surface area contributed by atoms with Crippen LogP contribution in [0.1, 0.15) is 17.2 Å². The minimum Gasteiger partial charge on any atom is -0.333 e. The lowest BCUT2D eigenvalue weighted by Gasteiger charge is -2.09. The van der Waals surface area contributed by atoms with Gasteiger partial charge < -0.3 is 10.6 Å². The predicted octanol–water partition coefficient (Wildman–Crippen LogP) is 1.31. The predicted molar refractivity (Wildman–Crippen MR) is 88.4 cm³/mol. The number of carbonyl (C=O) groups is 1. The second kappa shape index (κ2) is 6.95. The number of hydrogen-bond donors (Lipinski definition) is 2. The first-order valence-electron chi connectivity index (χ1n) is 7.59. The molecular formula is C16H19N7O. The number of para-hydroxylation sites is 1. The van der Waals surface area contributed by atoms with Gasteiger partial charge in [-0.2, -0.15) is 10.2 Å². The number of nitrogens with zero attached hydrogens (tertiary/aromatic N) is 5. The minimum absolute atomic E-state index is 0.267. The molecule has 0 atom stereocenters. The Morgan fingerprint density at radius 1 is 1.17 bits per heavy atom. The van der Waals surface area contributed by atoms with Crippen LogP contribution in [0.5, 0.6) is 0 Å². The maximum Gasteiger partial charge on any atom is 0.315 e. The van der Waals surface area contributed by atoms with E-state index in [0.29, 0.717) is 12.4 Å². The molecule has 0 bridgehead atoms. The summed E-state index contributed by atoms with van der Waals surface area (Å²) in [4.78, 5) is 16.2. The molecule has 24 heavy (non-hydrogen) atoms. The smallest absolute Gasteiger partial charge is 0.315 e. The van der Waals surface area contributed by atoms with Crippen LogP contribution in [0, 0.1) is 6.92 Å². The topological polar surface area (TPSA) is 89.7 Å². The van der Waals surface area contributed by atoms with Crippen LogP contribution in [0.3, 0.4) is 0 Å². The van der Waals surface area contributed by atoms with Crippen LogP contribution in [0.2, 0.25) is 0 Å². The van der Waals surface area contributed by atoms with Gasteiger partial charge in [-0.15, -0.1) is 0 Å². The van der Waals surface area contributed by atoms with Crippen LogP contribution in [-0.4, -0.2) is 30.6 Å². The minimum atomic E-state index is -0.267. The Morgan fingerprint density at radius 3 is 2.62 bits per heavy atom. The number of rotatable bonds is 5. The molecule has 0 radical (unpaired) electrons. The summed E-state index contributed by atoms with van der Waals surface area (Å²) >= 11 is 0. The van der Waals surface area contributed by atoms with Gasteiger partial charge in [0.15, 0.2) is 5.82 Å². The first kappa shape index (κ1) is 15.7. The van der Waals surface area contributed by atoms with Crippen LogP contribution >= 0.6 is 0 Å². The molecule has 3 rings (SSSR count). The zero-order chi connectivity index (χ0) is 16.9. The van der Waals surface area contributed by atoms with Gasteiger partial charge in [0.25, 0.3) is 0 Å². The first-order valence-corrected chi connectivity index (χ1v) is 7.59. The molecule has 2 N–H and O–H groups in total. The summed E-state index contributed by atoms with van der Waals surface area (Å²) in [5.41, 5.74) is 2.76. The third-order valence-corrected chi connectivity index (χ3v) is 3.56. The van der Waals surface area contributed by atoms with Crippen molar-refractivity contribution in [2.45, 2.75) is 20.0 Å². The standard InChI is InChI=1S/C16H19N7O/c1-12-8-14(22(2)21-12)9-17-16(24)18-10-15-19-11-20-23(15)13-6-4-3-5-7-13/h3-8,11H,9-10H2,1-2H3,(H2,17,18,24). The molecule has 0 unspecified atom stereocenters. The van der Waals surface area contributed by atoms with E-state index in [1.165, 1.54) is 6.33 Å². The number of amides is 2. The van der Waals surface area contributed by atoms with Gasteiger partial charge in [0.2, 0.25) is 0 Å². The van der Waals surface area contributed by atoms with Crippen LogP contribution in [0.4, 0.5) is 4.79 Å². The summed E-state index contributed by atoms with van der Waals surface area (Å²) in [6.45, 7) is 2.61. The van der Waals surface area contributed by atoms with E-state index in [2.05, 4.69) is 25.8 Å². The van der Waals surface area contributed by atoms with E-state index in [0.717, 1.165) is 17.1 Å². The Labute approximate surface area is 139 Å². The average molecular weight is 325 g/mol. The number of urea groups is 1. The highest BCUT2D eigenvalue weighted by atomic mass is 16.2. The first-order chi connectivity index (χ1) is 11.6. The summed E-state index contributed by atoms with van der Waals surface area (Å²) in [7, 11) is 1.85. The van der Waals surface area contributed by atoms with E-state index in [1.54, 1.807) is 9.36 Å². The van der Waals surface area contributed by atoms with Gasteiger partial charge in [0.05, 0.1) is 30.2 Å². The molecule has 3 aromatic rings. The number of aryl methyl sites for hydroxylation is 2. The third kappa shape index (κ3) is 3.60. The van der Waals surface area contributed by atoms with Gasteiger partial charge >= 0.3 is 6.03 Å². The lowest BCUT2D eigenvalue weighted by molar-refractivity contribution is 0.239. The Hall–Kier alpha value is -3.16. The van der Waals surface area contributed by atoms with Crippen molar-refractivity contribution in [1.82, 2.24) is 35.2 Å². The molecule has 0 saturated carbocycles. The molecule has 0 aliphatic carbocycles. The van der Waals surface area contributed by atoms with Crippen molar-refractivity contribution in [1.29, 1.82) is 0 Å². The van der Waals surface area contributed by atoms with Crippen molar-refractivity contribution in [3.8, 4) is 5.69 Å². The highest BCUT2D eigenvalue weighted by Gasteiger charge is 2.09. The number of aromatic nitrogens is 5. The monoisotopic (exact) mass is 325 g/mol. The maximum atomic E-state index is 12.0. The number of nitrogens with one attached hydrogen (secondary N) is 2. The summed E-state index contributed by atoms with van der Waals surface area (Å²) in [6.07, 6.45) is 1.47. The van der Waals surface area contributed by atoms with E-state index < -0.39 is 0 Å². The van der Waals surface area contributed by atoms with Crippen molar-refractivity contribution in [3.05, 3.63) is 59.9 Å². The van der Waals surface area contributed by atoms with E-state index in [9.17, 15) is 4.79 Å². The van der Waals surface area contributed by atoms with Crippen LogP contribution < -0.4 is 10.6 Å². The summed E-state index contributed by atoms with van der Waals surface area (Å²) < 4.78 is 3.45. The molecule has 1 aromatic carbocycles. The zero-order valence-corrected chi connectivity index (χ0v) is 13.6. The summed E-state index contributed by atoms with van der Waals surface area (Å²) in [5.74, 6) is 0.660. The maximum absolute atomic E-state index is 12.0. The van der Waals surface area contributed by atoms with Gasteiger partial charge in [-0.1, -0.05) is 18.2 Å². The molecule has 2 aromatic heterocycles. The van der Waals surface area contributed by atoms with Gasteiger partial charge in [-0.3, -0.25) is 4.68 Å². The molecule has 0 aliphatic rings. The highest BCUT2D eigenvalue weighted by molar-refractivity contribution is 5.73.